The Morgan fingerprint density at radius 1 is 1.08 bits per heavy atom. The Bertz CT molecular complexity index is 642. The first kappa shape index (κ1) is 17.0. The molecule has 0 radical (unpaired) electrons. The van der Waals surface area contributed by atoms with E-state index in [0.717, 1.165) is 12.2 Å². The third-order valence-corrected chi connectivity index (χ3v) is 5.79. The average Bonchev–Trinajstić information content (AvgIpc) is 3.23. The Morgan fingerprint density at radius 2 is 1.67 bits per heavy atom. The van der Waals surface area contributed by atoms with Crippen LogP contribution in [0.25, 0.3) is 0 Å². The molecule has 1 aromatic rings. The van der Waals surface area contributed by atoms with Gasteiger partial charge in [-0.2, -0.15) is 0 Å². The van der Waals surface area contributed by atoms with E-state index in [4.69, 9.17) is 0 Å². The fraction of sp³-hybridized carbons (Fsp3) is 0.421. The van der Waals surface area contributed by atoms with Crippen LogP contribution < -0.4 is 5.32 Å². The zero-order valence-electron chi connectivity index (χ0n) is 13.6. The number of allylic oxidation sites excluding steroid dienone is 2. The van der Waals surface area contributed by atoms with Crippen molar-refractivity contribution in [1.82, 2.24) is 5.32 Å². The van der Waals surface area contributed by atoms with Crippen LogP contribution in [0.2, 0.25) is 0 Å². The van der Waals surface area contributed by atoms with Gasteiger partial charge < -0.3 is 0 Å². The number of thioether (sulfide) groups is 1. The van der Waals surface area contributed by atoms with Crippen molar-refractivity contribution >= 4 is 29.4 Å². The molecule has 0 spiro atoms. The number of amides is 2. The van der Waals surface area contributed by atoms with Crippen molar-refractivity contribution in [3.05, 3.63) is 42.5 Å². The molecule has 1 aromatic carbocycles. The largest absolute Gasteiger partial charge is 0.300 e. The maximum absolute atomic E-state index is 11.3. The second-order valence-corrected chi connectivity index (χ2v) is 7.64. The SMILES string of the molecule is CC(=O)CCSc1ccccc1.O=C1NC(=O)C2C3C=CC(C3)C12. The molecule has 2 aliphatic carbocycles. The van der Waals surface area contributed by atoms with Crippen LogP contribution >= 0.6 is 11.8 Å². The lowest BCUT2D eigenvalue weighted by Crippen LogP contribution is -2.25. The van der Waals surface area contributed by atoms with Crippen LogP contribution in [0.5, 0.6) is 0 Å². The molecule has 2 amide bonds. The van der Waals surface area contributed by atoms with Crippen molar-refractivity contribution in [3.8, 4) is 0 Å². The lowest BCUT2D eigenvalue weighted by molar-refractivity contribution is -0.126. The Labute approximate surface area is 146 Å². The van der Waals surface area contributed by atoms with Crippen LogP contribution in [-0.4, -0.2) is 23.4 Å². The molecule has 1 aliphatic heterocycles. The molecule has 3 aliphatic rings. The third-order valence-electron chi connectivity index (χ3n) is 4.78. The minimum atomic E-state index is -0.0538. The maximum atomic E-state index is 11.3. The van der Waals surface area contributed by atoms with E-state index in [1.165, 1.54) is 4.90 Å². The molecular weight excluding hydrogens is 322 g/mol. The number of nitrogens with one attached hydrogen (secondary N) is 1. The van der Waals surface area contributed by atoms with E-state index in [2.05, 4.69) is 29.6 Å². The summed E-state index contributed by atoms with van der Waals surface area (Å²) < 4.78 is 0. The Morgan fingerprint density at radius 3 is 2.21 bits per heavy atom. The number of hydrogen-bond acceptors (Lipinski definition) is 4. The van der Waals surface area contributed by atoms with Crippen LogP contribution in [0.3, 0.4) is 0 Å². The van der Waals surface area contributed by atoms with Gasteiger partial charge in [-0.05, 0) is 37.3 Å². The topological polar surface area (TPSA) is 63.2 Å². The zero-order chi connectivity index (χ0) is 17.1. The summed E-state index contributed by atoms with van der Waals surface area (Å²) in [6.07, 6.45) is 5.85. The van der Waals surface area contributed by atoms with Gasteiger partial charge in [-0.3, -0.25) is 19.7 Å². The molecule has 126 valence electrons. The highest BCUT2D eigenvalue weighted by molar-refractivity contribution is 7.99. The third kappa shape index (κ3) is 3.61. The van der Waals surface area contributed by atoms with Gasteiger partial charge in [-0.15, -0.1) is 11.8 Å². The Hall–Kier alpha value is -1.88. The Balaban J connectivity index is 0.000000141. The van der Waals surface area contributed by atoms with Gasteiger partial charge in [-0.1, -0.05) is 30.4 Å². The van der Waals surface area contributed by atoms with Crippen LogP contribution in [0.1, 0.15) is 19.8 Å². The summed E-state index contributed by atoms with van der Waals surface area (Å²) in [7, 11) is 0. The van der Waals surface area contributed by atoms with Gasteiger partial charge in [0.15, 0.2) is 0 Å². The van der Waals surface area contributed by atoms with Crippen LogP contribution in [-0.2, 0) is 14.4 Å². The predicted molar refractivity (Wildman–Crippen MR) is 93.3 cm³/mol. The second-order valence-electron chi connectivity index (χ2n) is 6.47. The number of imide groups is 1. The maximum Gasteiger partial charge on any atom is 0.231 e. The van der Waals surface area contributed by atoms with Gasteiger partial charge in [0.05, 0.1) is 11.8 Å². The second kappa shape index (κ2) is 7.34. The van der Waals surface area contributed by atoms with E-state index >= 15 is 0 Å². The van der Waals surface area contributed by atoms with Gasteiger partial charge in [0.1, 0.15) is 5.78 Å². The molecule has 24 heavy (non-hydrogen) atoms. The lowest BCUT2D eigenvalue weighted by Gasteiger charge is -2.14. The number of Topliss-reactive ketones (excluding diaryl/α,β-unsaturated/α-hetero) is 1. The summed E-state index contributed by atoms with van der Waals surface area (Å²) in [4.78, 5) is 34.4. The normalized spacial score (nSPS) is 29.0. The number of carbonyl (C=O) groups is 3. The summed E-state index contributed by atoms with van der Waals surface area (Å²) in [5.41, 5.74) is 0. The van der Waals surface area contributed by atoms with Crippen LogP contribution in [0, 0.1) is 23.7 Å². The van der Waals surface area contributed by atoms with Crippen molar-refractivity contribution in [3.63, 3.8) is 0 Å². The highest BCUT2D eigenvalue weighted by atomic mass is 32.2. The number of carbonyl (C=O) groups excluding carboxylic acids is 3. The fourth-order valence-electron chi connectivity index (χ4n) is 3.65. The molecule has 1 heterocycles. The van der Waals surface area contributed by atoms with E-state index in [9.17, 15) is 14.4 Å². The number of ketones is 1. The summed E-state index contributed by atoms with van der Waals surface area (Å²) in [5, 5.41) is 2.40. The molecule has 1 N–H and O–H groups in total. The molecular formula is C19H21NO3S. The van der Waals surface area contributed by atoms with Crippen molar-refractivity contribution in [2.75, 3.05) is 5.75 Å². The summed E-state index contributed by atoms with van der Waals surface area (Å²) in [5.74, 6) is 1.65. The first-order valence-corrected chi connectivity index (χ1v) is 9.25. The monoisotopic (exact) mass is 343 g/mol. The van der Waals surface area contributed by atoms with Gasteiger partial charge in [0.2, 0.25) is 11.8 Å². The highest BCUT2D eigenvalue weighted by Crippen LogP contribution is 2.50. The summed E-state index contributed by atoms with van der Waals surface area (Å²) >= 11 is 1.73. The van der Waals surface area contributed by atoms with Crippen molar-refractivity contribution in [1.29, 1.82) is 0 Å². The first-order chi connectivity index (χ1) is 11.6. The van der Waals surface area contributed by atoms with Gasteiger partial charge in [0.25, 0.3) is 0 Å². The summed E-state index contributed by atoms with van der Waals surface area (Å²) in [6.45, 7) is 1.63. The zero-order valence-corrected chi connectivity index (χ0v) is 14.4. The van der Waals surface area contributed by atoms with Gasteiger partial charge in [-0.25, -0.2) is 0 Å². The number of hydrogen-bond donors (Lipinski definition) is 1. The molecule has 1 saturated heterocycles. The first-order valence-electron chi connectivity index (χ1n) is 8.26. The summed E-state index contributed by atoms with van der Waals surface area (Å²) in [6, 6.07) is 10.1. The molecule has 1 saturated carbocycles. The molecule has 0 aromatic heterocycles. The number of benzene rings is 1. The molecule has 4 atom stereocenters. The molecule has 2 bridgehead atoms. The Kier molecular flexibility index (Phi) is 5.19. The smallest absolute Gasteiger partial charge is 0.231 e. The van der Waals surface area contributed by atoms with E-state index in [0.29, 0.717) is 18.3 Å². The van der Waals surface area contributed by atoms with Crippen LogP contribution in [0.15, 0.2) is 47.4 Å². The van der Waals surface area contributed by atoms with Crippen LogP contribution in [0.4, 0.5) is 0 Å². The molecule has 4 rings (SSSR count). The standard InChI is InChI=1S/C10H12OS.C9H9NO2/c1-9(11)7-8-12-10-5-3-2-4-6-10;11-8-6-4-1-2-5(3-4)7(6)9(12)10-8/h2-6H,7-8H2,1H3;1-2,4-7H,3H2,(H,10,11,12). The molecule has 4 unspecified atom stereocenters. The minimum Gasteiger partial charge on any atom is -0.300 e. The molecule has 2 fully saturated rings. The number of rotatable bonds is 4. The van der Waals surface area contributed by atoms with Gasteiger partial charge >= 0.3 is 0 Å². The lowest BCUT2D eigenvalue weighted by atomic mass is 9.85. The fourth-order valence-corrected chi connectivity index (χ4v) is 4.63. The molecule has 5 heteroatoms. The average molecular weight is 343 g/mol. The van der Waals surface area contributed by atoms with E-state index in [-0.39, 0.29) is 29.4 Å². The van der Waals surface area contributed by atoms with E-state index in [1.54, 1.807) is 18.7 Å². The van der Waals surface area contributed by atoms with Crippen molar-refractivity contribution in [2.24, 2.45) is 23.7 Å². The van der Waals surface area contributed by atoms with Gasteiger partial charge in [0, 0.05) is 17.1 Å². The quantitative estimate of drug-likeness (QED) is 0.519. The minimum absolute atomic E-state index is 0.0347. The van der Waals surface area contributed by atoms with E-state index < -0.39 is 0 Å². The predicted octanol–water partition coefficient (Wildman–Crippen LogP) is 2.84. The molecule has 4 nitrogen and oxygen atoms in total. The number of fused-ring (bicyclic) bond motifs is 5. The van der Waals surface area contributed by atoms with Crippen molar-refractivity contribution < 1.29 is 14.4 Å². The highest BCUT2D eigenvalue weighted by Gasteiger charge is 2.55. The van der Waals surface area contributed by atoms with E-state index in [1.807, 2.05) is 18.2 Å². The van der Waals surface area contributed by atoms with Crippen molar-refractivity contribution in [2.45, 2.75) is 24.7 Å².